The molecule has 0 radical (unpaired) electrons. The van der Waals surface area contributed by atoms with E-state index in [1.165, 1.54) is 69.3 Å². The Hall–Kier alpha value is -11.1. The smallest absolute Gasteiger partial charge is 0.127 e. The summed E-state index contributed by atoms with van der Waals surface area (Å²) in [6.07, 6.45) is 9.90. The highest BCUT2D eigenvalue weighted by atomic mass is 32.1. The largest absolute Gasteiger partial charge is 0.457 e. The molecule has 96 heavy (non-hydrogen) atoms. The van der Waals surface area contributed by atoms with Gasteiger partial charge in [-0.05, 0) is 204 Å². The van der Waals surface area contributed by atoms with Gasteiger partial charge in [0.25, 0.3) is 0 Å². The summed E-state index contributed by atoms with van der Waals surface area (Å²) in [7, 11) is 0. The second kappa shape index (κ2) is 32.7. The van der Waals surface area contributed by atoms with Gasteiger partial charge >= 0.3 is 0 Å². The fraction of sp³-hybridized carbons (Fsp3) is 0.146. The average Bonchev–Trinajstić information content (AvgIpc) is 1.60. The monoisotopic (exact) mass is 1300 g/mol. The molecule has 0 atom stereocenters. The number of para-hydroxylation sites is 1. The summed E-state index contributed by atoms with van der Waals surface area (Å²) in [6, 6.07) is 73.2. The Morgan fingerprint density at radius 3 is 1.08 bits per heavy atom. The van der Waals surface area contributed by atoms with Gasteiger partial charge in [-0.2, -0.15) is 0 Å². The van der Waals surface area contributed by atoms with Crippen LogP contribution in [0.25, 0.3) is 82.5 Å². The van der Waals surface area contributed by atoms with Crippen LogP contribution in [0.15, 0.2) is 250 Å². The van der Waals surface area contributed by atoms with Crippen molar-refractivity contribution in [1.29, 1.82) is 0 Å². The SMILES string of the molecule is Cc1cc(-c2cc(C)ncn2)ncn1.Cc1ccc(-c2ccc(C)s2)s1.Cc1ccc(Oc2ccc(C)cc2)cc1.Cc1ccc2c(c1)c1cc(C)ccc1n2-c1ccccc1.Cc1cccc(-c2ccc(-c3cccc(C)n3)cc2)n1.Cc1cncc(-c2cncc(C)n2)n1. The molecule has 0 saturated carbocycles. The number of pyridine rings is 2. The molecule has 9 heterocycles. The molecule has 6 aromatic carbocycles. The minimum Gasteiger partial charge on any atom is -0.457 e. The van der Waals surface area contributed by atoms with Gasteiger partial charge in [-0.1, -0.05) is 113 Å². The van der Waals surface area contributed by atoms with Crippen molar-refractivity contribution < 1.29 is 4.74 Å². The molecule has 15 aromatic rings. The van der Waals surface area contributed by atoms with Gasteiger partial charge in [0.15, 0.2) is 0 Å². The van der Waals surface area contributed by atoms with Crippen LogP contribution in [-0.4, -0.2) is 54.4 Å². The Bertz CT molecular complexity index is 4630. The van der Waals surface area contributed by atoms with Crippen molar-refractivity contribution in [3.8, 4) is 72.2 Å². The second-order valence-electron chi connectivity index (χ2n) is 23.3. The van der Waals surface area contributed by atoms with Crippen LogP contribution < -0.4 is 4.74 Å². The van der Waals surface area contributed by atoms with E-state index in [9.17, 15) is 0 Å². The van der Waals surface area contributed by atoms with Crippen LogP contribution in [0.5, 0.6) is 11.5 Å². The number of benzene rings is 6. The molecule has 0 spiro atoms. The third kappa shape index (κ3) is 19.1. The highest BCUT2D eigenvalue weighted by Crippen LogP contribution is 2.35. The first-order valence-corrected chi connectivity index (χ1v) is 33.2. The highest BCUT2D eigenvalue weighted by Gasteiger charge is 2.13. The van der Waals surface area contributed by atoms with E-state index in [0.717, 1.165) is 91.0 Å². The van der Waals surface area contributed by atoms with Gasteiger partial charge < -0.3 is 9.30 Å². The number of thiophene rings is 2. The van der Waals surface area contributed by atoms with Crippen LogP contribution in [0, 0.1) is 83.1 Å². The van der Waals surface area contributed by atoms with Crippen molar-refractivity contribution >= 4 is 44.5 Å². The van der Waals surface area contributed by atoms with E-state index < -0.39 is 0 Å². The predicted molar refractivity (Wildman–Crippen MR) is 397 cm³/mol. The third-order valence-electron chi connectivity index (χ3n) is 15.0. The lowest BCUT2D eigenvalue weighted by Crippen LogP contribution is -1.93. The van der Waals surface area contributed by atoms with Crippen LogP contribution in [0.4, 0.5) is 0 Å². The molecule has 0 unspecified atom stereocenters. The lowest BCUT2D eigenvalue weighted by Gasteiger charge is -2.07. The van der Waals surface area contributed by atoms with E-state index >= 15 is 0 Å². The van der Waals surface area contributed by atoms with E-state index in [4.69, 9.17) is 4.74 Å². The minimum atomic E-state index is 0.765. The number of fused-ring (bicyclic) bond motifs is 3. The first-order valence-electron chi connectivity index (χ1n) is 31.6. The molecule has 0 saturated heterocycles. The highest BCUT2D eigenvalue weighted by molar-refractivity contribution is 7.22. The van der Waals surface area contributed by atoms with Crippen LogP contribution in [-0.2, 0) is 0 Å². The van der Waals surface area contributed by atoms with Crippen LogP contribution in [0.2, 0.25) is 0 Å². The number of nitrogens with zero attached hydrogens (tertiary/aromatic N) is 11. The van der Waals surface area contributed by atoms with Crippen LogP contribution >= 0.6 is 22.7 Å². The molecule has 0 aliphatic carbocycles. The van der Waals surface area contributed by atoms with Crippen LogP contribution in [0.1, 0.15) is 66.2 Å². The zero-order valence-electron chi connectivity index (χ0n) is 56.3. The number of aromatic nitrogens is 11. The zero-order chi connectivity index (χ0) is 67.5. The molecule has 0 N–H and O–H groups in total. The Balaban J connectivity index is 0.000000127. The van der Waals surface area contributed by atoms with Crippen LogP contribution in [0.3, 0.4) is 0 Å². The molecule has 9 aromatic heterocycles. The normalized spacial score (nSPS) is 10.5. The Morgan fingerprint density at radius 1 is 0.302 bits per heavy atom. The van der Waals surface area contributed by atoms with E-state index in [0.29, 0.717) is 0 Å². The molecule has 15 rings (SSSR count). The summed E-state index contributed by atoms with van der Waals surface area (Å²) in [4.78, 5) is 47.8. The number of hydrogen-bond donors (Lipinski definition) is 0. The van der Waals surface area contributed by atoms with Gasteiger partial charge in [-0.15, -0.1) is 22.7 Å². The van der Waals surface area contributed by atoms with Gasteiger partial charge in [-0.3, -0.25) is 19.9 Å². The summed E-state index contributed by atoms with van der Waals surface area (Å²) < 4.78 is 8.04. The van der Waals surface area contributed by atoms with Gasteiger partial charge in [0, 0.05) is 82.3 Å². The summed E-state index contributed by atoms with van der Waals surface area (Å²) >= 11 is 3.73. The van der Waals surface area contributed by atoms with E-state index in [2.05, 4.69) is 211 Å². The molecule has 0 aliphatic heterocycles. The average molecular weight is 1300 g/mol. The molecule has 0 aliphatic rings. The van der Waals surface area contributed by atoms with Crippen molar-refractivity contribution in [1.82, 2.24) is 54.4 Å². The van der Waals surface area contributed by atoms with E-state index in [-0.39, 0.29) is 0 Å². The molecule has 478 valence electrons. The quantitative estimate of drug-likeness (QED) is 0.143. The van der Waals surface area contributed by atoms with Crippen molar-refractivity contribution in [2.75, 3.05) is 0 Å². The maximum atomic E-state index is 5.69. The lowest BCUT2D eigenvalue weighted by molar-refractivity contribution is 0.482. The maximum absolute atomic E-state index is 5.69. The second-order valence-corrected chi connectivity index (χ2v) is 25.9. The number of hydrogen-bond acceptors (Lipinski definition) is 13. The van der Waals surface area contributed by atoms with Gasteiger partial charge in [0.2, 0.25) is 0 Å². The molecule has 12 nitrogen and oxygen atoms in total. The molecular weight excluding hydrogens is 1220 g/mol. The van der Waals surface area contributed by atoms with E-state index in [1.807, 2.05) is 161 Å². The van der Waals surface area contributed by atoms with Gasteiger partial charge in [0.05, 0.1) is 57.6 Å². The lowest BCUT2D eigenvalue weighted by atomic mass is 10.1. The number of ether oxygens (including phenoxy) is 1. The van der Waals surface area contributed by atoms with E-state index in [1.54, 1.807) is 37.4 Å². The van der Waals surface area contributed by atoms with Gasteiger partial charge in [-0.25, -0.2) is 29.9 Å². The molecule has 0 amide bonds. The Labute approximate surface area is 571 Å². The van der Waals surface area contributed by atoms with Gasteiger partial charge in [0.1, 0.15) is 35.5 Å². The first kappa shape index (κ1) is 67.8. The standard InChI is InChI=1S/C20H17N.C18H16N2.C14H14O.2C10H10N4.C10H10S2/c1-14-8-10-19-17(12-14)18-13-15(2)9-11-20(18)21(19)16-6-4-3-5-7-16;1-13-5-3-7-17(19-13)15-9-11-16(12-10-15)18-8-4-6-14(2)20-18;1-11-3-7-13(8-4-11)15-14-9-5-12(2)6-10-14;1-7-3-11-5-9(13-7)10-6-12-4-8(2)14-10;1-7-3-9(13-5-11-7)10-4-8(2)12-6-14-10;1-7-3-5-9(11-7)10-6-4-8(2)12-10/h3-13H,1-2H3;3-12H,1-2H3;3-10H,1-2H3;2*3-6H,1-2H3;3-6H,1-2H3. The first-order chi connectivity index (χ1) is 46.5. The number of aryl methyl sites for hydroxylation is 12. The topological polar surface area (TPSA) is 143 Å². The molecule has 14 heteroatoms. The zero-order valence-corrected chi connectivity index (χ0v) is 57.9. The van der Waals surface area contributed by atoms with Crippen molar-refractivity contribution in [2.45, 2.75) is 83.1 Å². The number of rotatable bonds is 8. The minimum absolute atomic E-state index is 0.765. The van der Waals surface area contributed by atoms with Crippen molar-refractivity contribution in [3.63, 3.8) is 0 Å². The molecule has 0 bridgehead atoms. The predicted octanol–water partition coefficient (Wildman–Crippen LogP) is 21.1. The summed E-state index contributed by atoms with van der Waals surface area (Å²) in [5, 5.41) is 2.66. The maximum Gasteiger partial charge on any atom is 0.127 e. The fourth-order valence-corrected chi connectivity index (χ4v) is 12.0. The Morgan fingerprint density at radius 2 is 0.708 bits per heavy atom. The molecule has 0 fully saturated rings. The fourth-order valence-electron chi connectivity index (χ4n) is 10.2. The third-order valence-corrected chi connectivity index (χ3v) is 17.2. The summed E-state index contributed by atoms with van der Waals surface area (Å²) in [5.74, 6) is 1.76. The summed E-state index contributed by atoms with van der Waals surface area (Å²) in [5.41, 5.74) is 22.0. The van der Waals surface area contributed by atoms with Crippen molar-refractivity contribution in [3.05, 3.63) is 316 Å². The molecular formula is C82H77N11OS2. The van der Waals surface area contributed by atoms with Crippen molar-refractivity contribution in [2.24, 2.45) is 0 Å². The summed E-state index contributed by atoms with van der Waals surface area (Å²) in [6.45, 7) is 24.4. The Kier molecular flexibility index (Phi) is 23.1.